The van der Waals surface area contributed by atoms with Gasteiger partial charge < -0.3 is 19.6 Å². The molecule has 0 amide bonds. The summed E-state index contributed by atoms with van der Waals surface area (Å²) in [5, 5.41) is 0. The average molecular weight is 579 g/mol. The molecule has 246 valence electrons. The van der Waals surface area contributed by atoms with Crippen molar-refractivity contribution in [2.24, 2.45) is 0 Å². The van der Waals surface area contributed by atoms with Crippen molar-refractivity contribution in [2.45, 2.75) is 163 Å². The largest absolute Gasteiger partial charge is 0.302 e. The molecule has 1 fully saturated rings. The molecule has 1 rings (SSSR count). The first kappa shape index (κ1) is 38.9. The minimum atomic E-state index is 1.27. The Bertz CT molecular complexity index is 469. The number of nitrogens with zero attached hydrogens (tertiary/aromatic N) is 4. The first-order valence-corrected chi connectivity index (χ1v) is 19.1. The van der Waals surface area contributed by atoms with Crippen LogP contribution >= 0.6 is 0 Å². The normalized spacial score (nSPS) is 17.9. The summed E-state index contributed by atoms with van der Waals surface area (Å²) in [6.07, 6.45) is 29.3. The van der Waals surface area contributed by atoms with Gasteiger partial charge in [0.15, 0.2) is 0 Å². The lowest BCUT2D eigenvalue weighted by atomic mass is 10.1. The van der Waals surface area contributed by atoms with Gasteiger partial charge in [0.2, 0.25) is 0 Å². The van der Waals surface area contributed by atoms with Crippen LogP contribution in [-0.4, -0.2) is 98.1 Å². The lowest BCUT2D eigenvalue weighted by Gasteiger charge is -2.30. The van der Waals surface area contributed by atoms with E-state index in [0.717, 1.165) is 0 Å². The van der Waals surface area contributed by atoms with E-state index in [0.29, 0.717) is 0 Å². The van der Waals surface area contributed by atoms with Crippen LogP contribution in [0.15, 0.2) is 0 Å². The number of hydrogen-bond acceptors (Lipinski definition) is 4. The van der Waals surface area contributed by atoms with Crippen LogP contribution in [0, 0.1) is 0 Å². The second-order valence-electron chi connectivity index (χ2n) is 13.4. The molecule has 1 saturated heterocycles. The third-order valence-corrected chi connectivity index (χ3v) is 9.46. The summed E-state index contributed by atoms with van der Waals surface area (Å²) in [4.78, 5) is 11.4. The average Bonchev–Trinajstić information content (AvgIpc) is 2.99. The van der Waals surface area contributed by atoms with Gasteiger partial charge in [-0.2, -0.15) is 0 Å². The Hall–Kier alpha value is -0.160. The molecule has 0 radical (unpaired) electrons. The van der Waals surface area contributed by atoms with Crippen molar-refractivity contribution in [3.8, 4) is 0 Å². The Labute approximate surface area is 260 Å². The van der Waals surface area contributed by atoms with E-state index in [4.69, 9.17) is 0 Å². The van der Waals surface area contributed by atoms with Gasteiger partial charge >= 0.3 is 0 Å². The Balaban J connectivity index is 2.80. The summed E-state index contributed by atoms with van der Waals surface area (Å²) in [5.41, 5.74) is 0. The molecule has 0 aromatic carbocycles. The summed E-state index contributed by atoms with van der Waals surface area (Å²) < 4.78 is 0. The van der Waals surface area contributed by atoms with Crippen LogP contribution in [0.3, 0.4) is 0 Å². The first-order chi connectivity index (χ1) is 20.2. The third-order valence-electron chi connectivity index (χ3n) is 9.46. The van der Waals surface area contributed by atoms with Crippen LogP contribution in [0.25, 0.3) is 0 Å². The fourth-order valence-electron chi connectivity index (χ4n) is 6.46. The Morgan fingerprint density at radius 2 is 0.488 bits per heavy atom. The Morgan fingerprint density at radius 3 is 0.732 bits per heavy atom. The highest BCUT2D eigenvalue weighted by molar-refractivity contribution is 4.72. The van der Waals surface area contributed by atoms with Crippen molar-refractivity contribution in [3.63, 3.8) is 0 Å². The number of unbranched alkanes of at least 4 members (excludes halogenated alkanes) is 16. The van der Waals surface area contributed by atoms with Crippen LogP contribution in [-0.2, 0) is 0 Å². The van der Waals surface area contributed by atoms with Crippen molar-refractivity contribution in [1.29, 1.82) is 0 Å². The molecule has 0 bridgehead atoms. The minimum absolute atomic E-state index is 1.27. The molecule has 4 nitrogen and oxygen atoms in total. The maximum absolute atomic E-state index is 2.85. The van der Waals surface area contributed by atoms with Crippen LogP contribution < -0.4 is 0 Å². The van der Waals surface area contributed by atoms with Crippen molar-refractivity contribution < 1.29 is 0 Å². The summed E-state index contributed by atoms with van der Waals surface area (Å²) in [6.45, 7) is 24.8. The molecule has 1 heterocycles. The zero-order chi connectivity index (χ0) is 29.6. The smallest absolute Gasteiger partial charge is 0.0110 e. The van der Waals surface area contributed by atoms with E-state index in [1.54, 1.807) is 0 Å². The predicted molar refractivity (Wildman–Crippen MR) is 185 cm³/mol. The lowest BCUT2D eigenvalue weighted by Crippen LogP contribution is -2.42. The lowest BCUT2D eigenvalue weighted by molar-refractivity contribution is 0.168. The van der Waals surface area contributed by atoms with Crippen LogP contribution in [0.2, 0.25) is 0 Å². The number of rotatable bonds is 24. The molecule has 4 heteroatoms. The van der Waals surface area contributed by atoms with E-state index in [1.807, 2.05) is 0 Å². The van der Waals surface area contributed by atoms with Crippen molar-refractivity contribution in [2.75, 3.05) is 78.5 Å². The van der Waals surface area contributed by atoms with Gasteiger partial charge in [-0.3, -0.25) is 0 Å². The third kappa shape index (κ3) is 23.9. The first-order valence-electron chi connectivity index (χ1n) is 19.1. The molecule has 0 aliphatic carbocycles. The van der Waals surface area contributed by atoms with Crippen LogP contribution in [0.4, 0.5) is 0 Å². The van der Waals surface area contributed by atoms with Gasteiger partial charge in [0, 0.05) is 39.3 Å². The molecule has 0 saturated carbocycles. The van der Waals surface area contributed by atoms with Crippen molar-refractivity contribution >= 4 is 0 Å². The fraction of sp³-hybridized carbons (Fsp3) is 1.00. The zero-order valence-electron chi connectivity index (χ0n) is 29.1. The molecule has 1 aliphatic rings. The van der Waals surface area contributed by atoms with Crippen LogP contribution in [0.5, 0.6) is 0 Å². The molecule has 0 aromatic heterocycles. The second kappa shape index (κ2) is 29.9. The standard InChI is InChI=1S/C37H78N4/c1-5-9-13-17-21-26-38-30-25-31-39(27-22-18-14-10-6-2)33-35-41(29-24-20-16-12-8-4)37-36-40(34-32-38)28-23-19-15-11-7-3/h5-37H2,1-4H3. The SMILES string of the molecule is CCCCCCCN1CCCN(CCCCCCC)CCN(CCCCCCC)CCN(CCCCCCC)CC1. The van der Waals surface area contributed by atoms with E-state index in [9.17, 15) is 0 Å². The maximum atomic E-state index is 2.85. The summed E-state index contributed by atoms with van der Waals surface area (Å²) in [7, 11) is 0. The van der Waals surface area contributed by atoms with E-state index < -0.39 is 0 Å². The molecule has 41 heavy (non-hydrogen) atoms. The fourth-order valence-corrected chi connectivity index (χ4v) is 6.46. The molecular weight excluding hydrogens is 500 g/mol. The summed E-state index contributed by atoms with van der Waals surface area (Å²) in [6, 6.07) is 0. The second-order valence-corrected chi connectivity index (χ2v) is 13.4. The quantitative estimate of drug-likeness (QED) is 0.106. The van der Waals surface area contributed by atoms with Gasteiger partial charge in [0.25, 0.3) is 0 Å². The monoisotopic (exact) mass is 579 g/mol. The van der Waals surface area contributed by atoms with E-state index in [-0.39, 0.29) is 0 Å². The van der Waals surface area contributed by atoms with Gasteiger partial charge in [-0.1, -0.05) is 130 Å². The molecule has 0 N–H and O–H groups in total. The Kier molecular flexibility index (Phi) is 28.3. The van der Waals surface area contributed by atoms with E-state index in [1.165, 1.54) is 213 Å². The highest BCUT2D eigenvalue weighted by Gasteiger charge is 2.15. The maximum Gasteiger partial charge on any atom is 0.0110 e. The van der Waals surface area contributed by atoms with Gasteiger partial charge in [0.05, 0.1) is 0 Å². The summed E-state index contributed by atoms with van der Waals surface area (Å²) in [5.74, 6) is 0. The Morgan fingerprint density at radius 1 is 0.268 bits per heavy atom. The molecule has 0 aromatic rings. The van der Waals surface area contributed by atoms with E-state index in [2.05, 4.69) is 47.3 Å². The van der Waals surface area contributed by atoms with Gasteiger partial charge in [-0.15, -0.1) is 0 Å². The van der Waals surface area contributed by atoms with Crippen molar-refractivity contribution in [3.05, 3.63) is 0 Å². The highest BCUT2D eigenvalue weighted by Crippen LogP contribution is 2.11. The van der Waals surface area contributed by atoms with Gasteiger partial charge in [0.1, 0.15) is 0 Å². The molecular formula is C37H78N4. The molecule has 0 unspecified atom stereocenters. The van der Waals surface area contributed by atoms with Crippen LogP contribution in [0.1, 0.15) is 163 Å². The zero-order valence-corrected chi connectivity index (χ0v) is 29.1. The predicted octanol–water partition coefficient (Wildman–Crippen LogP) is 9.48. The summed E-state index contributed by atoms with van der Waals surface area (Å²) >= 11 is 0. The van der Waals surface area contributed by atoms with E-state index >= 15 is 0 Å². The van der Waals surface area contributed by atoms with Crippen molar-refractivity contribution in [1.82, 2.24) is 19.6 Å². The topological polar surface area (TPSA) is 13.0 Å². The molecule has 1 aliphatic heterocycles. The molecule has 0 spiro atoms. The molecule has 0 atom stereocenters. The highest BCUT2D eigenvalue weighted by atomic mass is 15.2. The van der Waals surface area contributed by atoms with Gasteiger partial charge in [-0.05, 0) is 71.4 Å². The number of hydrogen-bond donors (Lipinski definition) is 0. The minimum Gasteiger partial charge on any atom is -0.302 e. The van der Waals surface area contributed by atoms with Gasteiger partial charge in [-0.25, -0.2) is 0 Å².